The van der Waals surface area contributed by atoms with Crippen LogP contribution < -0.4 is 0 Å². The Morgan fingerprint density at radius 3 is 2.55 bits per heavy atom. The molecule has 1 fully saturated rings. The molecule has 2 N–H and O–H groups in total. The van der Waals surface area contributed by atoms with Crippen molar-refractivity contribution in [3.05, 3.63) is 0 Å². The van der Waals surface area contributed by atoms with Gasteiger partial charge in [0.1, 0.15) is 6.10 Å². The van der Waals surface area contributed by atoms with Gasteiger partial charge < -0.3 is 19.7 Å². The average Bonchev–Trinajstić information content (AvgIpc) is 1.97. The van der Waals surface area contributed by atoms with Crippen LogP contribution in [-0.2, 0) is 9.47 Å². The molecule has 0 aromatic carbocycles. The van der Waals surface area contributed by atoms with Crippen LogP contribution in [0.3, 0.4) is 0 Å². The second-order valence-electron chi connectivity index (χ2n) is 2.82. The van der Waals surface area contributed by atoms with Crippen molar-refractivity contribution in [3.8, 4) is 0 Å². The maximum absolute atomic E-state index is 9.25. The minimum absolute atomic E-state index is 0.261. The Balaban J connectivity index is 2.48. The van der Waals surface area contributed by atoms with Crippen molar-refractivity contribution in [1.82, 2.24) is 0 Å². The quantitative estimate of drug-likeness (QED) is 0.545. The summed E-state index contributed by atoms with van der Waals surface area (Å²) in [5, 5.41) is 18.5. The van der Waals surface area contributed by atoms with E-state index in [1.165, 1.54) is 7.11 Å². The number of ether oxygens (including phenoxy) is 2. The van der Waals surface area contributed by atoms with Gasteiger partial charge in [-0.25, -0.2) is 0 Å². The molecule has 0 unspecified atom stereocenters. The smallest absolute Gasteiger partial charge is 0.183 e. The van der Waals surface area contributed by atoms with Crippen molar-refractivity contribution in [2.45, 2.75) is 37.9 Å². The predicted octanol–water partition coefficient (Wildman–Crippen LogP) is -0.510. The number of hydrogen-bond donors (Lipinski definition) is 2. The van der Waals surface area contributed by atoms with Gasteiger partial charge in [0.2, 0.25) is 0 Å². The first kappa shape index (κ1) is 8.93. The van der Waals surface area contributed by atoms with E-state index in [9.17, 15) is 10.2 Å². The summed E-state index contributed by atoms with van der Waals surface area (Å²) >= 11 is 0. The van der Waals surface area contributed by atoms with Gasteiger partial charge in [0, 0.05) is 13.5 Å². The second-order valence-corrected chi connectivity index (χ2v) is 2.82. The summed E-state index contributed by atoms with van der Waals surface area (Å²) in [6.07, 6.45) is -1.83. The first-order chi connectivity index (χ1) is 5.15. The van der Waals surface area contributed by atoms with Gasteiger partial charge in [-0.3, -0.25) is 0 Å². The highest BCUT2D eigenvalue weighted by atomic mass is 16.7. The molecule has 0 aliphatic carbocycles. The van der Waals surface area contributed by atoms with Crippen molar-refractivity contribution in [3.63, 3.8) is 0 Å². The molecule has 1 rings (SSSR count). The van der Waals surface area contributed by atoms with Gasteiger partial charge in [-0.1, -0.05) is 0 Å². The van der Waals surface area contributed by atoms with E-state index in [1.54, 1.807) is 6.92 Å². The Morgan fingerprint density at radius 2 is 2.00 bits per heavy atom. The maximum Gasteiger partial charge on any atom is 0.183 e. The van der Waals surface area contributed by atoms with Crippen molar-refractivity contribution < 1.29 is 19.7 Å². The van der Waals surface area contributed by atoms with Gasteiger partial charge in [0.05, 0.1) is 12.2 Å². The van der Waals surface area contributed by atoms with Crippen LogP contribution in [0.4, 0.5) is 0 Å². The zero-order valence-electron chi connectivity index (χ0n) is 6.73. The highest BCUT2D eigenvalue weighted by Gasteiger charge is 2.33. The molecule has 0 aromatic heterocycles. The Bertz CT molecular complexity index is 128. The molecule has 66 valence electrons. The normalized spacial score (nSPS) is 45.8. The number of aliphatic hydroxyl groups excluding tert-OH is 2. The molecule has 4 nitrogen and oxygen atoms in total. The molecule has 1 saturated heterocycles. The van der Waals surface area contributed by atoms with Crippen LogP contribution in [0.15, 0.2) is 0 Å². The Hall–Kier alpha value is -0.160. The van der Waals surface area contributed by atoms with E-state index in [-0.39, 0.29) is 6.10 Å². The van der Waals surface area contributed by atoms with E-state index in [0.717, 1.165) is 0 Å². The third-order valence-corrected chi connectivity index (χ3v) is 1.92. The van der Waals surface area contributed by atoms with Gasteiger partial charge in [0.25, 0.3) is 0 Å². The summed E-state index contributed by atoms with van der Waals surface area (Å²) in [4.78, 5) is 0. The SMILES string of the molecule is CO[C@H]1O[C@H](C)[C@H](O)C[C@H]1O. The molecule has 0 aromatic rings. The van der Waals surface area contributed by atoms with Gasteiger partial charge in [-0.2, -0.15) is 0 Å². The third-order valence-electron chi connectivity index (χ3n) is 1.92. The number of rotatable bonds is 1. The van der Waals surface area contributed by atoms with Crippen molar-refractivity contribution >= 4 is 0 Å². The lowest BCUT2D eigenvalue weighted by Crippen LogP contribution is -2.46. The van der Waals surface area contributed by atoms with E-state index in [1.807, 2.05) is 0 Å². The first-order valence-electron chi connectivity index (χ1n) is 3.69. The zero-order chi connectivity index (χ0) is 8.43. The molecule has 1 heterocycles. The summed E-state index contributed by atoms with van der Waals surface area (Å²) < 4.78 is 9.98. The lowest BCUT2D eigenvalue weighted by molar-refractivity contribution is -0.251. The summed E-state index contributed by atoms with van der Waals surface area (Å²) in [5.74, 6) is 0. The van der Waals surface area contributed by atoms with E-state index >= 15 is 0 Å². The summed E-state index contributed by atoms with van der Waals surface area (Å²) in [6.45, 7) is 1.75. The lowest BCUT2D eigenvalue weighted by Gasteiger charge is -2.34. The van der Waals surface area contributed by atoms with Gasteiger partial charge >= 0.3 is 0 Å². The molecule has 0 saturated carbocycles. The van der Waals surface area contributed by atoms with Crippen LogP contribution in [-0.4, -0.2) is 41.9 Å². The van der Waals surface area contributed by atoms with Crippen molar-refractivity contribution in [1.29, 1.82) is 0 Å². The first-order valence-corrected chi connectivity index (χ1v) is 3.69. The molecule has 1 aliphatic rings. The van der Waals surface area contributed by atoms with Crippen LogP contribution in [0, 0.1) is 0 Å². The Morgan fingerprint density at radius 1 is 1.36 bits per heavy atom. The minimum Gasteiger partial charge on any atom is -0.390 e. The molecule has 0 spiro atoms. The van der Waals surface area contributed by atoms with Gasteiger partial charge in [0.15, 0.2) is 6.29 Å². The molecule has 0 radical (unpaired) electrons. The van der Waals surface area contributed by atoms with Crippen LogP contribution >= 0.6 is 0 Å². The Kier molecular flexibility index (Phi) is 2.84. The maximum atomic E-state index is 9.25. The largest absolute Gasteiger partial charge is 0.390 e. The fourth-order valence-corrected chi connectivity index (χ4v) is 1.16. The highest BCUT2D eigenvalue weighted by Crippen LogP contribution is 2.19. The van der Waals surface area contributed by atoms with E-state index in [0.29, 0.717) is 6.42 Å². The van der Waals surface area contributed by atoms with Crippen LogP contribution in [0.5, 0.6) is 0 Å². The fourth-order valence-electron chi connectivity index (χ4n) is 1.16. The van der Waals surface area contributed by atoms with Gasteiger partial charge in [-0.05, 0) is 6.92 Å². The molecule has 1 aliphatic heterocycles. The minimum atomic E-state index is -0.716. The Labute approximate surface area is 65.7 Å². The van der Waals surface area contributed by atoms with Crippen molar-refractivity contribution in [2.24, 2.45) is 0 Å². The predicted molar refractivity (Wildman–Crippen MR) is 38.0 cm³/mol. The van der Waals surface area contributed by atoms with Crippen molar-refractivity contribution in [2.75, 3.05) is 7.11 Å². The molecule has 0 amide bonds. The molecule has 0 bridgehead atoms. The standard InChI is InChI=1S/C7H14O4/c1-4-5(8)3-6(9)7(10-2)11-4/h4-9H,3H2,1-2H3/t4-,5-,6-,7+/m1/s1. The summed E-state index contributed by atoms with van der Waals surface area (Å²) in [7, 11) is 1.47. The van der Waals surface area contributed by atoms with Crippen LogP contribution in [0.2, 0.25) is 0 Å². The summed E-state index contributed by atoms with van der Waals surface area (Å²) in [5.41, 5.74) is 0. The number of methoxy groups -OCH3 is 1. The number of aliphatic hydroxyl groups is 2. The average molecular weight is 162 g/mol. The summed E-state index contributed by atoms with van der Waals surface area (Å²) in [6, 6.07) is 0. The molecule has 4 heteroatoms. The second kappa shape index (κ2) is 3.49. The molecule has 11 heavy (non-hydrogen) atoms. The molecular weight excluding hydrogens is 148 g/mol. The highest BCUT2D eigenvalue weighted by molar-refractivity contribution is 4.77. The van der Waals surface area contributed by atoms with Crippen LogP contribution in [0.25, 0.3) is 0 Å². The fraction of sp³-hybridized carbons (Fsp3) is 1.00. The zero-order valence-corrected chi connectivity index (χ0v) is 6.73. The monoisotopic (exact) mass is 162 g/mol. The van der Waals surface area contributed by atoms with Crippen LogP contribution in [0.1, 0.15) is 13.3 Å². The number of hydrogen-bond acceptors (Lipinski definition) is 4. The molecule has 4 atom stereocenters. The van der Waals surface area contributed by atoms with E-state index in [2.05, 4.69) is 0 Å². The van der Waals surface area contributed by atoms with E-state index < -0.39 is 18.5 Å². The third kappa shape index (κ3) is 1.90. The van der Waals surface area contributed by atoms with E-state index in [4.69, 9.17) is 9.47 Å². The topological polar surface area (TPSA) is 58.9 Å². The van der Waals surface area contributed by atoms with Gasteiger partial charge in [-0.15, -0.1) is 0 Å². The lowest BCUT2D eigenvalue weighted by atomic mass is 10.0. The molecular formula is C7H14O4.